The van der Waals surface area contributed by atoms with Crippen molar-refractivity contribution in [2.45, 2.75) is 6.61 Å². The summed E-state index contributed by atoms with van der Waals surface area (Å²) in [5, 5.41) is 0.716. The molecular formula is C12H11Cl2N3O2. The Morgan fingerprint density at radius 3 is 2.79 bits per heavy atom. The molecule has 0 fully saturated rings. The monoisotopic (exact) mass is 299 g/mol. The van der Waals surface area contributed by atoms with Crippen LogP contribution in [0, 0.1) is 0 Å². The van der Waals surface area contributed by atoms with Gasteiger partial charge in [0.15, 0.2) is 5.82 Å². The molecule has 0 aliphatic rings. The predicted molar refractivity (Wildman–Crippen MR) is 73.7 cm³/mol. The van der Waals surface area contributed by atoms with E-state index < -0.39 is 0 Å². The maximum atomic E-state index is 6.03. The summed E-state index contributed by atoms with van der Waals surface area (Å²) in [6.07, 6.45) is 0. The van der Waals surface area contributed by atoms with E-state index in [-0.39, 0.29) is 18.3 Å². The zero-order valence-corrected chi connectivity index (χ0v) is 11.6. The molecule has 0 spiro atoms. The van der Waals surface area contributed by atoms with Crippen LogP contribution in [-0.2, 0) is 11.3 Å². The quantitative estimate of drug-likeness (QED) is 0.938. The molecule has 100 valence electrons. The van der Waals surface area contributed by atoms with E-state index in [1.807, 2.05) is 0 Å². The number of nitrogen functional groups attached to an aromatic ring is 1. The third-order valence-corrected chi connectivity index (χ3v) is 2.97. The van der Waals surface area contributed by atoms with E-state index in [0.717, 1.165) is 0 Å². The van der Waals surface area contributed by atoms with Gasteiger partial charge < -0.3 is 15.2 Å². The molecule has 1 aromatic carbocycles. The third kappa shape index (κ3) is 3.47. The van der Waals surface area contributed by atoms with Crippen LogP contribution < -0.4 is 10.5 Å². The SMILES string of the molecule is COCc1nc(N)cc(Oc2cccc(Cl)c2Cl)n1. The summed E-state index contributed by atoms with van der Waals surface area (Å²) < 4.78 is 10.5. The van der Waals surface area contributed by atoms with Crippen molar-refractivity contribution < 1.29 is 9.47 Å². The number of nitrogens with zero attached hydrogens (tertiary/aromatic N) is 2. The second-order valence-electron chi connectivity index (χ2n) is 3.63. The number of rotatable bonds is 4. The van der Waals surface area contributed by atoms with E-state index in [2.05, 4.69) is 9.97 Å². The Kier molecular flexibility index (Phi) is 4.42. The second kappa shape index (κ2) is 6.06. The van der Waals surface area contributed by atoms with Crippen molar-refractivity contribution in [1.29, 1.82) is 0 Å². The van der Waals surface area contributed by atoms with Crippen molar-refractivity contribution in [1.82, 2.24) is 9.97 Å². The number of anilines is 1. The molecular weight excluding hydrogens is 289 g/mol. The minimum atomic E-state index is 0.241. The van der Waals surface area contributed by atoms with Crippen molar-refractivity contribution >= 4 is 29.0 Å². The molecule has 0 atom stereocenters. The lowest BCUT2D eigenvalue weighted by Crippen LogP contribution is -2.02. The molecule has 0 unspecified atom stereocenters. The molecule has 2 N–H and O–H groups in total. The topological polar surface area (TPSA) is 70.3 Å². The highest BCUT2D eigenvalue weighted by molar-refractivity contribution is 6.42. The summed E-state index contributed by atoms with van der Waals surface area (Å²) in [7, 11) is 1.54. The normalized spacial score (nSPS) is 10.5. The third-order valence-electron chi connectivity index (χ3n) is 2.17. The van der Waals surface area contributed by atoms with Crippen LogP contribution in [-0.4, -0.2) is 17.1 Å². The zero-order chi connectivity index (χ0) is 13.8. The van der Waals surface area contributed by atoms with Crippen LogP contribution in [0.3, 0.4) is 0 Å². The average molecular weight is 300 g/mol. The Morgan fingerprint density at radius 2 is 2.05 bits per heavy atom. The number of benzene rings is 1. The molecule has 0 radical (unpaired) electrons. The number of halogens is 2. The highest BCUT2D eigenvalue weighted by Gasteiger charge is 2.09. The van der Waals surface area contributed by atoms with Crippen molar-refractivity contribution in [3.63, 3.8) is 0 Å². The summed E-state index contributed by atoms with van der Waals surface area (Å²) in [4.78, 5) is 8.16. The molecule has 0 saturated heterocycles. The number of ether oxygens (including phenoxy) is 2. The molecule has 0 saturated carbocycles. The van der Waals surface area contributed by atoms with Gasteiger partial charge in [0.2, 0.25) is 5.88 Å². The zero-order valence-electron chi connectivity index (χ0n) is 10.1. The van der Waals surface area contributed by atoms with Gasteiger partial charge in [0.1, 0.15) is 23.2 Å². The van der Waals surface area contributed by atoms with Gasteiger partial charge in [-0.15, -0.1) is 0 Å². The summed E-state index contributed by atoms with van der Waals surface area (Å²) in [5.74, 6) is 1.39. The Balaban J connectivity index is 2.30. The van der Waals surface area contributed by atoms with Crippen LogP contribution in [0.2, 0.25) is 10.0 Å². The van der Waals surface area contributed by atoms with E-state index in [0.29, 0.717) is 21.6 Å². The van der Waals surface area contributed by atoms with Gasteiger partial charge in [-0.25, -0.2) is 4.98 Å². The first-order chi connectivity index (χ1) is 9.10. The van der Waals surface area contributed by atoms with Crippen LogP contribution in [0.25, 0.3) is 0 Å². The van der Waals surface area contributed by atoms with Gasteiger partial charge in [-0.05, 0) is 12.1 Å². The first kappa shape index (κ1) is 13.9. The molecule has 1 heterocycles. The fraction of sp³-hybridized carbons (Fsp3) is 0.167. The van der Waals surface area contributed by atoms with E-state index in [1.54, 1.807) is 25.3 Å². The minimum Gasteiger partial charge on any atom is -0.437 e. The Labute approximate surface area is 120 Å². The largest absolute Gasteiger partial charge is 0.437 e. The number of aromatic nitrogens is 2. The first-order valence-electron chi connectivity index (χ1n) is 5.34. The molecule has 2 rings (SSSR count). The van der Waals surface area contributed by atoms with Gasteiger partial charge in [0.25, 0.3) is 0 Å². The predicted octanol–water partition coefficient (Wildman–Crippen LogP) is 3.30. The summed E-state index contributed by atoms with van der Waals surface area (Å²) in [6, 6.07) is 6.57. The van der Waals surface area contributed by atoms with Gasteiger partial charge in [-0.3, -0.25) is 0 Å². The Morgan fingerprint density at radius 1 is 1.26 bits per heavy atom. The highest BCUT2D eigenvalue weighted by atomic mass is 35.5. The van der Waals surface area contributed by atoms with Gasteiger partial charge in [-0.2, -0.15) is 4.98 Å². The number of hydrogen-bond donors (Lipinski definition) is 1. The highest BCUT2D eigenvalue weighted by Crippen LogP contribution is 2.34. The maximum Gasteiger partial charge on any atom is 0.224 e. The summed E-state index contributed by atoms with van der Waals surface area (Å²) in [6.45, 7) is 0.241. The average Bonchev–Trinajstić information content (AvgIpc) is 2.35. The van der Waals surface area contributed by atoms with Crippen LogP contribution in [0.4, 0.5) is 5.82 Å². The van der Waals surface area contributed by atoms with Crippen LogP contribution in [0.1, 0.15) is 5.82 Å². The lowest BCUT2D eigenvalue weighted by molar-refractivity contribution is 0.177. The molecule has 0 aliphatic carbocycles. The maximum absolute atomic E-state index is 6.03. The summed E-state index contributed by atoms with van der Waals surface area (Å²) >= 11 is 11.9. The van der Waals surface area contributed by atoms with E-state index >= 15 is 0 Å². The Hall–Kier alpha value is -1.56. The molecule has 0 aliphatic heterocycles. The van der Waals surface area contributed by atoms with Gasteiger partial charge in [0.05, 0.1) is 5.02 Å². The van der Waals surface area contributed by atoms with Crippen LogP contribution in [0.15, 0.2) is 24.3 Å². The van der Waals surface area contributed by atoms with Gasteiger partial charge >= 0.3 is 0 Å². The fourth-order valence-electron chi connectivity index (χ4n) is 1.41. The minimum absolute atomic E-state index is 0.241. The van der Waals surface area contributed by atoms with Gasteiger partial charge in [-0.1, -0.05) is 29.3 Å². The number of nitrogens with two attached hydrogens (primary N) is 1. The van der Waals surface area contributed by atoms with Crippen molar-refractivity contribution in [3.05, 3.63) is 40.1 Å². The van der Waals surface area contributed by atoms with E-state index in [9.17, 15) is 0 Å². The molecule has 19 heavy (non-hydrogen) atoms. The molecule has 0 bridgehead atoms. The standard InChI is InChI=1S/C12H11Cl2N3O2/c1-18-6-10-16-9(15)5-11(17-10)19-8-4-2-3-7(13)12(8)14/h2-5H,6H2,1H3,(H2,15,16,17). The van der Waals surface area contributed by atoms with Crippen molar-refractivity contribution in [3.8, 4) is 11.6 Å². The lowest BCUT2D eigenvalue weighted by atomic mass is 10.3. The first-order valence-corrected chi connectivity index (χ1v) is 6.10. The van der Waals surface area contributed by atoms with E-state index in [4.69, 9.17) is 38.4 Å². The Bertz CT molecular complexity index is 593. The molecule has 7 heteroatoms. The number of methoxy groups -OCH3 is 1. The summed E-state index contributed by atoms with van der Waals surface area (Å²) in [5.41, 5.74) is 5.67. The molecule has 2 aromatic rings. The fourth-order valence-corrected chi connectivity index (χ4v) is 1.74. The van der Waals surface area contributed by atoms with Crippen LogP contribution >= 0.6 is 23.2 Å². The van der Waals surface area contributed by atoms with Crippen LogP contribution in [0.5, 0.6) is 11.6 Å². The second-order valence-corrected chi connectivity index (χ2v) is 4.42. The molecule has 0 amide bonds. The van der Waals surface area contributed by atoms with Gasteiger partial charge in [0, 0.05) is 13.2 Å². The molecule has 5 nitrogen and oxygen atoms in total. The smallest absolute Gasteiger partial charge is 0.224 e. The van der Waals surface area contributed by atoms with E-state index in [1.165, 1.54) is 6.07 Å². The lowest BCUT2D eigenvalue weighted by Gasteiger charge is -2.09. The molecule has 1 aromatic heterocycles. The number of hydrogen-bond acceptors (Lipinski definition) is 5. The van der Waals surface area contributed by atoms with Crippen molar-refractivity contribution in [2.75, 3.05) is 12.8 Å². The van der Waals surface area contributed by atoms with Crippen molar-refractivity contribution in [2.24, 2.45) is 0 Å².